The van der Waals surface area contributed by atoms with Gasteiger partial charge < -0.3 is 4.57 Å². The zero-order chi connectivity index (χ0) is 19.7. The SMILES string of the molecule is c1ccc(-n2c3ccccc3c3c4c(ccc32)C[n+]2c-4cnc3cccnc32)cc1. The van der Waals surface area contributed by atoms with Gasteiger partial charge in [-0.25, -0.2) is 9.55 Å². The van der Waals surface area contributed by atoms with Crippen molar-refractivity contribution in [2.75, 3.05) is 0 Å². The number of para-hydroxylation sites is 2. The second kappa shape index (κ2) is 5.74. The van der Waals surface area contributed by atoms with Gasteiger partial charge in [0.1, 0.15) is 12.7 Å². The molecule has 3 aromatic heterocycles. The molecular weight excluding hydrogens is 368 g/mol. The summed E-state index contributed by atoms with van der Waals surface area (Å²) in [5, 5.41) is 2.55. The second-order valence-corrected chi connectivity index (χ2v) is 7.76. The van der Waals surface area contributed by atoms with Gasteiger partial charge in [-0.15, -0.1) is 0 Å². The molecule has 0 amide bonds. The molecule has 0 unspecified atom stereocenters. The lowest BCUT2D eigenvalue weighted by Gasteiger charge is -2.07. The minimum Gasteiger partial charge on any atom is -0.309 e. The van der Waals surface area contributed by atoms with Gasteiger partial charge in [-0.1, -0.05) is 42.5 Å². The van der Waals surface area contributed by atoms with Crippen LogP contribution >= 0.6 is 0 Å². The van der Waals surface area contributed by atoms with Crippen molar-refractivity contribution < 1.29 is 4.57 Å². The Hall–Kier alpha value is -4.05. The minimum absolute atomic E-state index is 0.821. The molecule has 0 bridgehead atoms. The number of aromatic nitrogens is 4. The maximum Gasteiger partial charge on any atom is 0.349 e. The van der Waals surface area contributed by atoms with Gasteiger partial charge in [0.2, 0.25) is 0 Å². The van der Waals surface area contributed by atoms with Crippen LogP contribution in [0.15, 0.2) is 91.3 Å². The molecular formula is C26H17N4+. The summed E-state index contributed by atoms with van der Waals surface area (Å²) in [5.41, 5.74) is 9.21. The normalized spacial score (nSPS) is 12.5. The number of rotatable bonds is 1. The number of nitrogens with zero attached hydrogens (tertiary/aromatic N) is 4. The summed E-state index contributed by atoms with van der Waals surface area (Å²) >= 11 is 0. The molecule has 7 rings (SSSR count). The molecule has 140 valence electrons. The van der Waals surface area contributed by atoms with Crippen molar-refractivity contribution in [3.05, 3.63) is 96.8 Å². The van der Waals surface area contributed by atoms with E-state index in [1.54, 1.807) is 0 Å². The predicted octanol–water partition coefficient (Wildman–Crippen LogP) is 5.04. The highest BCUT2D eigenvalue weighted by Gasteiger charge is 2.30. The fourth-order valence-electron chi connectivity index (χ4n) is 4.92. The van der Waals surface area contributed by atoms with Gasteiger partial charge in [0.15, 0.2) is 11.2 Å². The molecule has 0 aliphatic carbocycles. The summed E-state index contributed by atoms with van der Waals surface area (Å²) in [6, 6.07) is 27.7. The summed E-state index contributed by atoms with van der Waals surface area (Å²) in [6.07, 6.45) is 3.85. The standard InChI is InChI=1S/C26H17N4/c1-2-7-18(8-3-1)30-21-11-5-4-9-19(21)25-22(30)13-12-17-16-29-23(24(17)25)15-28-20-10-6-14-27-26(20)29/h1-15H,16H2/q+1. The highest BCUT2D eigenvalue weighted by Crippen LogP contribution is 2.41. The number of fused-ring (bicyclic) bond motifs is 9. The predicted molar refractivity (Wildman–Crippen MR) is 119 cm³/mol. The largest absolute Gasteiger partial charge is 0.349 e. The molecule has 0 radical (unpaired) electrons. The van der Waals surface area contributed by atoms with E-state index in [1.807, 2.05) is 24.5 Å². The van der Waals surface area contributed by atoms with E-state index in [1.165, 1.54) is 38.6 Å². The Balaban J connectivity index is 1.65. The molecule has 30 heavy (non-hydrogen) atoms. The third kappa shape index (κ3) is 1.97. The Morgan fingerprint density at radius 1 is 0.767 bits per heavy atom. The van der Waals surface area contributed by atoms with E-state index in [0.717, 1.165) is 23.4 Å². The Morgan fingerprint density at radius 3 is 2.57 bits per heavy atom. The van der Waals surface area contributed by atoms with Crippen LogP contribution in [-0.2, 0) is 6.54 Å². The molecule has 0 saturated heterocycles. The molecule has 6 aromatic rings. The Morgan fingerprint density at radius 2 is 1.63 bits per heavy atom. The summed E-state index contributed by atoms with van der Waals surface area (Å²) in [4.78, 5) is 9.34. The van der Waals surface area contributed by atoms with Crippen molar-refractivity contribution in [2.24, 2.45) is 0 Å². The first kappa shape index (κ1) is 15.8. The van der Waals surface area contributed by atoms with Crippen LogP contribution in [0.25, 0.3) is 49.9 Å². The lowest BCUT2D eigenvalue weighted by molar-refractivity contribution is -0.648. The molecule has 0 N–H and O–H groups in total. The highest BCUT2D eigenvalue weighted by atomic mass is 15.1. The van der Waals surface area contributed by atoms with Crippen LogP contribution in [0.2, 0.25) is 0 Å². The lowest BCUT2D eigenvalue weighted by atomic mass is 10.0. The van der Waals surface area contributed by atoms with Crippen molar-refractivity contribution in [3.63, 3.8) is 0 Å². The maximum atomic E-state index is 4.71. The molecule has 4 heterocycles. The molecule has 0 fully saturated rings. The topological polar surface area (TPSA) is 34.6 Å². The zero-order valence-electron chi connectivity index (χ0n) is 16.2. The molecule has 1 aliphatic rings. The van der Waals surface area contributed by atoms with Crippen molar-refractivity contribution in [2.45, 2.75) is 6.54 Å². The first-order valence-electron chi connectivity index (χ1n) is 10.1. The van der Waals surface area contributed by atoms with Gasteiger partial charge in [-0.05, 0) is 41.4 Å². The quantitative estimate of drug-likeness (QED) is 0.371. The summed E-state index contributed by atoms with van der Waals surface area (Å²) in [5.74, 6) is 0. The molecule has 3 aromatic carbocycles. The van der Waals surface area contributed by atoms with Gasteiger partial charge in [0.25, 0.3) is 0 Å². The summed E-state index contributed by atoms with van der Waals surface area (Å²) < 4.78 is 4.65. The molecule has 0 spiro atoms. The van der Waals surface area contributed by atoms with Gasteiger partial charge in [0.05, 0.1) is 17.2 Å². The van der Waals surface area contributed by atoms with E-state index in [-0.39, 0.29) is 0 Å². The van der Waals surface area contributed by atoms with Crippen LogP contribution in [0.3, 0.4) is 0 Å². The van der Waals surface area contributed by atoms with Crippen molar-refractivity contribution >= 4 is 33.0 Å². The fourth-order valence-corrected chi connectivity index (χ4v) is 4.92. The molecule has 1 aliphatic heterocycles. The average molecular weight is 385 g/mol. The van der Waals surface area contributed by atoms with Crippen LogP contribution in [0.4, 0.5) is 0 Å². The van der Waals surface area contributed by atoms with Crippen molar-refractivity contribution in [3.8, 4) is 16.9 Å². The second-order valence-electron chi connectivity index (χ2n) is 7.76. The van der Waals surface area contributed by atoms with Gasteiger partial charge in [-0.2, -0.15) is 0 Å². The molecule has 0 atom stereocenters. The van der Waals surface area contributed by atoms with Crippen molar-refractivity contribution in [1.29, 1.82) is 0 Å². The van der Waals surface area contributed by atoms with E-state index >= 15 is 0 Å². The van der Waals surface area contributed by atoms with Gasteiger partial charge >= 0.3 is 5.65 Å². The van der Waals surface area contributed by atoms with E-state index in [0.29, 0.717) is 0 Å². The van der Waals surface area contributed by atoms with E-state index in [4.69, 9.17) is 4.98 Å². The number of hydrogen-bond acceptors (Lipinski definition) is 2. The third-order valence-corrected chi connectivity index (χ3v) is 6.16. The Labute approximate surface area is 172 Å². The van der Waals surface area contributed by atoms with E-state index in [9.17, 15) is 0 Å². The molecule has 4 heteroatoms. The number of benzene rings is 3. The van der Waals surface area contributed by atoms with Gasteiger partial charge in [0, 0.05) is 27.6 Å². The fraction of sp³-hybridized carbons (Fsp3) is 0.0385. The maximum absolute atomic E-state index is 4.71. The third-order valence-electron chi connectivity index (χ3n) is 6.16. The molecule has 4 nitrogen and oxygen atoms in total. The van der Waals surface area contributed by atoms with Crippen LogP contribution in [0.5, 0.6) is 0 Å². The first-order valence-corrected chi connectivity index (χ1v) is 10.1. The number of pyridine rings is 1. The Bertz CT molecular complexity index is 1610. The van der Waals surface area contributed by atoms with Crippen molar-refractivity contribution in [1.82, 2.24) is 14.5 Å². The number of hydrogen-bond donors (Lipinski definition) is 0. The van der Waals surface area contributed by atoms with E-state index < -0.39 is 0 Å². The minimum atomic E-state index is 0.821. The van der Waals surface area contributed by atoms with E-state index in [2.05, 4.69) is 80.8 Å². The average Bonchev–Trinajstić information content (AvgIpc) is 3.35. The zero-order valence-corrected chi connectivity index (χ0v) is 16.2. The first-order chi connectivity index (χ1) is 14.9. The van der Waals surface area contributed by atoms with Crippen LogP contribution < -0.4 is 4.57 Å². The van der Waals surface area contributed by atoms with Crippen LogP contribution in [-0.4, -0.2) is 14.5 Å². The molecule has 0 saturated carbocycles. The smallest absolute Gasteiger partial charge is 0.309 e. The van der Waals surface area contributed by atoms with Gasteiger partial charge in [-0.3, -0.25) is 0 Å². The van der Waals surface area contributed by atoms with Crippen LogP contribution in [0.1, 0.15) is 5.56 Å². The lowest BCUT2D eigenvalue weighted by Crippen LogP contribution is -2.34. The van der Waals surface area contributed by atoms with Crippen LogP contribution in [0, 0.1) is 0 Å². The monoisotopic (exact) mass is 385 g/mol. The Kier molecular flexibility index (Phi) is 3.03. The summed E-state index contributed by atoms with van der Waals surface area (Å²) in [7, 11) is 0. The highest BCUT2D eigenvalue weighted by molar-refractivity contribution is 6.16. The summed E-state index contributed by atoms with van der Waals surface area (Å²) in [6.45, 7) is 0.821.